The fraction of sp³-hybridized carbons (Fsp3) is 0.231. The maximum Gasteiger partial charge on any atom is 0.350 e. The molecule has 1 aromatic heterocycles. The first kappa shape index (κ1) is 24.9. The molecule has 1 atom stereocenters. The molecule has 1 fully saturated rings. The fourth-order valence-corrected chi connectivity index (χ4v) is 4.99. The second kappa shape index (κ2) is 10.2. The van der Waals surface area contributed by atoms with Gasteiger partial charge in [0.05, 0.1) is 38.1 Å². The molecule has 0 bridgehead atoms. The van der Waals surface area contributed by atoms with Gasteiger partial charge in [0.2, 0.25) is 0 Å². The number of aliphatic hydroxyl groups excluding tert-OH is 1. The second-order valence-electron chi connectivity index (χ2n) is 7.81. The predicted octanol–water partition coefficient (Wildman–Crippen LogP) is 4.27. The summed E-state index contributed by atoms with van der Waals surface area (Å²) in [7, 11) is 2.75. The Bertz CT molecular complexity index is 1380. The standard InChI is InChI=1S/C26H24N2O7S/c1-5-35-18-11-7-9-16(13-18)21(29)19-20(15-8-6-10-17(12-15)33-3)28(24(31)22(19)30)26-27-14(2)23(36-26)25(32)34-4/h6-13,20,29H,5H2,1-4H3. The Labute approximate surface area is 211 Å². The van der Waals surface area contributed by atoms with Crippen LogP contribution in [0.1, 0.15) is 39.5 Å². The molecule has 186 valence electrons. The largest absolute Gasteiger partial charge is 0.507 e. The fourth-order valence-electron chi connectivity index (χ4n) is 3.98. The van der Waals surface area contributed by atoms with Crippen LogP contribution in [0.3, 0.4) is 0 Å². The van der Waals surface area contributed by atoms with Gasteiger partial charge in [-0.3, -0.25) is 14.5 Å². The highest BCUT2D eigenvalue weighted by molar-refractivity contribution is 7.17. The van der Waals surface area contributed by atoms with Crippen molar-refractivity contribution in [1.29, 1.82) is 0 Å². The minimum absolute atomic E-state index is 0.116. The van der Waals surface area contributed by atoms with Crippen molar-refractivity contribution in [3.8, 4) is 11.5 Å². The van der Waals surface area contributed by atoms with Crippen LogP contribution in [0.25, 0.3) is 5.76 Å². The van der Waals surface area contributed by atoms with E-state index in [0.29, 0.717) is 34.9 Å². The van der Waals surface area contributed by atoms with Gasteiger partial charge < -0.3 is 19.3 Å². The molecule has 0 radical (unpaired) electrons. The first-order chi connectivity index (χ1) is 17.3. The van der Waals surface area contributed by atoms with E-state index in [1.807, 2.05) is 6.92 Å². The first-order valence-corrected chi connectivity index (χ1v) is 11.9. The van der Waals surface area contributed by atoms with Gasteiger partial charge in [-0.2, -0.15) is 0 Å². The van der Waals surface area contributed by atoms with Gasteiger partial charge in [0, 0.05) is 5.56 Å². The Morgan fingerprint density at radius 2 is 1.83 bits per heavy atom. The van der Waals surface area contributed by atoms with E-state index in [-0.39, 0.29) is 21.3 Å². The van der Waals surface area contributed by atoms with Gasteiger partial charge in [-0.15, -0.1) is 0 Å². The Morgan fingerprint density at radius 1 is 1.11 bits per heavy atom. The number of carbonyl (C=O) groups excluding carboxylic acids is 3. The molecule has 9 nitrogen and oxygen atoms in total. The molecule has 2 aromatic carbocycles. The van der Waals surface area contributed by atoms with Crippen molar-refractivity contribution in [2.75, 3.05) is 25.7 Å². The second-order valence-corrected chi connectivity index (χ2v) is 8.79. The van der Waals surface area contributed by atoms with Gasteiger partial charge in [0.1, 0.15) is 22.1 Å². The van der Waals surface area contributed by atoms with Crippen LogP contribution < -0.4 is 14.4 Å². The minimum Gasteiger partial charge on any atom is -0.507 e. The average molecular weight is 509 g/mol. The lowest BCUT2D eigenvalue weighted by molar-refractivity contribution is -0.132. The van der Waals surface area contributed by atoms with E-state index >= 15 is 0 Å². The molecule has 1 amide bonds. The summed E-state index contributed by atoms with van der Waals surface area (Å²) in [6, 6.07) is 12.4. The normalized spacial score (nSPS) is 16.8. The molecule has 0 saturated carbocycles. The van der Waals surface area contributed by atoms with Crippen LogP contribution in [-0.2, 0) is 14.3 Å². The first-order valence-electron chi connectivity index (χ1n) is 11.0. The van der Waals surface area contributed by atoms with Gasteiger partial charge in [-0.05, 0) is 43.7 Å². The van der Waals surface area contributed by atoms with Gasteiger partial charge in [-0.25, -0.2) is 9.78 Å². The Balaban J connectivity index is 1.93. The quantitative estimate of drug-likeness (QED) is 0.218. The Morgan fingerprint density at radius 3 is 2.53 bits per heavy atom. The number of aryl methyl sites for hydroxylation is 1. The van der Waals surface area contributed by atoms with E-state index in [1.165, 1.54) is 19.1 Å². The lowest BCUT2D eigenvalue weighted by Gasteiger charge is -2.23. The maximum atomic E-state index is 13.3. The molecular weight excluding hydrogens is 484 g/mol. The third-order valence-electron chi connectivity index (χ3n) is 5.63. The number of benzene rings is 2. The summed E-state index contributed by atoms with van der Waals surface area (Å²) in [5.41, 5.74) is 1.08. The molecule has 2 heterocycles. The van der Waals surface area contributed by atoms with Crippen molar-refractivity contribution in [3.63, 3.8) is 0 Å². The molecule has 10 heteroatoms. The van der Waals surface area contributed by atoms with E-state index in [2.05, 4.69) is 4.98 Å². The molecule has 3 aromatic rings. The van der Waals surface area contributed by atoms with E-state index < -0.39 is 23.7 Å². The SMILES string of the molecule is CCOc1cccc(C(O)=C2C(=O)C(=O)N(c3nc(C)c(C(=O)OC)s3)C2c2cccc(OC)c2)c1. The highest BCUT2D eigenvalue weighted by Crippen LogP contribution is 2.44. The molecule has 1 N–H and O–H groups in total. The molecule has 1 saturated heterocycles. The zero-order valence-electron chi connectivity index (χ0n) is 20.1. The van der Waals surface area contributed by atoms with Gasteiger partial charge in [0.15, 0.2) is 5.13 Å². The van der Waals surface area contributed by atoms with Crippen LogP contribution in [0, 0.1) is 6.92 Å². The number of nitrogens with zero attached hydrogens (tertiary/aromatic N) is 2. The number of Topliss-reactive ketones (excluding diaryl/α,β-unsaturated/α-hetero) is 1. The Hall–Kier alpha value is -4.18. The summed E-state index contributed by atoms with van der Waals surface area (Å²) in [5.74, 6) is -1.70. The number of thiazole rings is 1. The van der Waals surface area contributed by atoms with Crippen molar-refractivity contribution in [1.82, 2.24) is 4.98 Å². The number of aliphatic hydroxyl groups is 1. The van der Waals surface area contributed by atoms with Crippen molar-refractivity contribution in [2.24, 2.45) is 0 Å². The Kier molecular flexibility index (Phi) is 7.07. The van der Waals surface area contributed by atoms with E-state index in [0.717, 1.165) is 11.3 Å². The van der Waals surface area contributed by atoms with Crippen LogP contribution in [-0.4, -0.2) is 48.6 Å². The molecule has 1 unspecified atom stereocenters. The van der Waals surface area contributed by atoms with Gasteiger partial charge >= 0.3 is 11.9 Å². The summed E-state index contributed by atoms with van der Waals surface area (Å²) in [6.07, 6.45) is 0. The van der Waals surface area contributed by atoms with E-state index in [9.17, 15) is 19.5 Å². The summed E-state index contributed by atoms with van der Waals surface area (Å²) >= 11 is 0.934. The van der Waals surface area contributed by atoms with Crippen molar-refractivity contribution in [3.05, 3.63) is 75.8 Å². The topological polar surface area (TPSA) is 115 Å². The highest BCUT2D eigenvalue weighted by Gasteiger charge is 2.48. The third-order valence-corrected chi connectivity index (χ3v) is 6.77. The molecule has 1 aliphatic rings. The van der Waals surface area contributed by atoms with E-state index in [4.69, 9.17) is 14.2 Å². The number of ketones is 1. The average Bonchev–Trinajstić information content (AvgIpc) is 3.40. The van der Waals surface area contributed by atoms with Crippen LogP contribution >= 0.6 is 11.3 Å². The van der Waals surface area contributed by atoms with E-state index in [1.54, 1.807) is 55.5 Å². The lowest BCUT2D eigenvalue weighted by Crippen LogP contribution is -2.29. The van der Waals surface area contributed by atoms with Crippen molar-refractivity contribution < 1.29 is 33.7 Å². The summed E-state index contributed by atoms with van der Waals surface area (Å²) in [4.78, 5) is 44.7. The number of rotatable bonds is 7. The smallest absolute Gasteiger partial charge is 0.350 e. The molecule has 0 spiro atoms. The minimum atomic E-state index is -1.02. The van der Waals surface area contributed by atoms with Crippen molar-refractivity contribution >= 4 is 39.9 Å². The van der Waals surface area contributed by atoms with Crippen LogP contribution in [0.4, 0.5) is 5.13 Å². The predicted molar refractivity (Wildman–Crippen MR) is 134 cm³/mol. The zero-order chi connectivity index (χ0) is 26.0. The van der Waals surface area contributed by atoms with Gasteiger partial charge in [-0.1, -0.05) is 35.6 Å². The molecule has 1 aliphatic heterocycles. The number of hydrogen-bond acceptors (Lipinski definition) is 9. The number of hydrogen-bond donors (Lipinski definition) is 1. The van der Waals surface area contributed by atoms with Crippen LogP contribution in [0.15, 0.2) is 54.1 Å². The number of anilines is 1. The summed E-state index contributed by atoms with van der Waals surface area (Å²) in [6.45, 7) is 3.87. The highest BCUT2D eigenvalue weighted by atomic mass is 32.1. The molecule has 36 heavy (non-hydrogen) atoms. The maximum absolute atomic E-state index is 13.3. The number of methoxy groups -OCH3 is 2. The van der Waals surface area contributed by atoms with Crippen molar-refractivity contribution in [2.45, 2.75) is 19.9 Å². The summed E-state index contributed by atoms with van der Waals surface area (Å²) < 4.78 is 15.7. The van der Waals surface area contributed by atoms with Crippen LogP contribution in [0.5, 0.6) is 11.5 Å². The number of carbonyl (C=O) groups is 3. The zero-order valence-corrected chi connectivity index (χ0v) is 20.9. The number of ether oxygens (including phenoxy) is 3. The number of esters is 1. The van der Waals surface area contributed by atoms with Crippen LogP contribution in [0.2, 0.25) is 0 Å². The lowest BCUT2D eigenvalue weighted by atomic mass is 9.95. The molecule has 0 aliphatic carbocycles. The third kappa shape index (κ3) is 4.42. The number of aromatic nitrogens is 1. The molecular formula is C26H24N2O7S. The molecule has 4 rings (SSSR count). The monoisotopic (exact) mass is 508 g/mol. The van der Waals surface area contributed by atoms with Gasteiger partial charge in [0.25, 0.3) is 5.78 Å². The summed E-state index contributed by atoms with van der Waals surface area (Å²) in [5, 5.41) is 11.4. The number of amides is 1.